The first-order valence-electron chi connectivity index (χ1n) is 36.8. The summed E-state index contributed by atoms with van der Waals surface area (Å²) in [6.45, 7) is 19.2. The number of benzene rings is 3. The van der Waals surface area contributed by atoms with E-state index in [4.69, 9.17) is 15.2 Å². The number of nitrogens with zero attached hydrogens (tertiary/aromatic N) is 5. The number of piperidine rings is 6. The summed E-state index contributed by atoms with van der Waals surface area (Å²) in [4.78, 5) is 177. The van der Waals surface area contributed by atoms with Gasteiger partial charge in [0.1, 0.15) is 35.1 Å². The Kier molecular flexibility index (Phi) is 22.7. The number of nitrogens with one attached hydrogen (secondary N) is 6. The fourth-order valence-electron chi connectivity index (χ4n) is 17.2. The molecule has 0 radical (unpaired) electrons. The number of hydrogen-bond donors (Lipinski definition) is 7. The molecule has 3 atom stereocenters. The van der Waals surface area contributed by atoms with Crippen LogP contribution in [0.2, 0.25) is 0 Å². The predicted octanol–water partition coefficient (Wildman–Crippen LogP) is 7.23. The van der Waals surface area contributed by atoms with Gasteiger partial charge in [0.05, 0.1) is 33.4 Å². The van der Waals surface area contributed by atoms with Crippen molar-refractivity contribution >= 4 is 107 Å². The summed E-state index contributed by atoms with van der Waals surface area (Å²) in [7, 11) is 0. The number of rotatable bonds is 10. The maximum absolute atomic E-state index is 13.2. The van der Waals surface area contributed by atoms with Crippen molar-refractivity contribution in [3.05, 3.63) is 93.8 Å². The molecule has 3 unspecified atom stereocenters. The average molecular weight is 1490 g/mol. The highest BCUT2D eigenvalue weighted by molar-refractivity contribution is 6.25. The molecule has 106 heavy (non-hydrogen) atoms. The lowest BCUT2D eigenvalue weighted by Gasteiger charge is -2.52. The zero-order chi connectivity index (χ0) is 75.2. The molecule has 6 saturated heterocycles. The van der Waals surface area contributed by atoms with Crippen LogP contribution >= 0.6 is 12.4 Å². The predicted molar refractivity (Wildman–Crippen MR) is 384 cm³/mol. The minimum atomic E-state index is -1.02. The monoisotopic (exact) mass is 1490 g/mol. The van der Waals surface area contributed by atoms with E-state index < -0.39 is 100 Å². The van der Waals surface area contributed by atoms with Crippen LogP contribution in [-0.2, 0) is 38.2 Å². The highest BCUT2D eigenvalue weighted by Crippen LogP contribution is 2.54. The summed E-state index contributed by atoms with van der Waals surface area (Å²) in [6, 6.07) is 10.6. The zero-order valence-electron chi connectivity index (χ0n) is 60.9. The summed E-state index contributed by atoms with van der Waals surface area (Å²) in [6.07, 6.45) is 14.1. The third-order valence-corrected chi connectivity index (χ3v) is 22.8. The zero-order valence-corrected chi connectivity index (χ0v) is 61.7. The summed E-state index contributed by atoms with van der Waals surface area (Å²) < 4.78 is 24.1. The third kappa shape index (κ3) is 16.8. The van der Waals surface area contributed by atoms with Crippen LogP contribution in [-0.4, -0.2) is 196 Å². The van der Waals surface area contributed by atoms with Gasteiger partial charge < -0.3 is 41.0 Å². The van der Waals surface area contributed by atoms with Crippen LogP contribution in [0.3, 0.4) is 0 Å². The minimum Gasteiger partial charge on any atom is -0.444 e. The molecule has 14 amide bonds. The first-order chi connectivity index (χ1) is 49.7. The molecular weight excluding hydrogens is 1390 g/mol. The van der Waals surface area contributed by atoms with Crippen molar-refractivity contribution in [3.63, 3.8) is 0 Å². The lowest BCUT2D eigenvalue weighted by Crippen LogP contribution is -2.54. The quantitative estimate of drug-likeness (QED) is 0.0984. The smallest absolute Gasteiger partial charge is 0.410 e. The van der Waals surface area contributed by atoms with Gasteiger partial charge in [-0.05, 0) is 246 Å². The summed E-state index contributed by atoms with van der Waals surface area (Å²) >= 11 is 0. The Balaban J connectivity index is 0.000000146. The van der Waals surface area contributed by atoms with Gasteiger partial charge in [0.15, 0.2) is 0 Å². The molecule has 3 aromatic carbocycles. The highest BCUT2D eigenvalue weighted by atomic mass is 35.5. The van der Waals surface area contributed by atoms with Crippen molar-refractivity contribution in [2.45, 2.75) is 186 Å². The number of likely N-dealkylation sites (tertiary alicyclic amines) is 2. The molecule has 9 heterocycles. The van der Waals surface area contributed by atoms with Crippen LogP contribution in [0.15, 0.2) is 54.6 Å². The molecule has 0 aromatic heterocycles. The average Bonchev–Trinajstić information content (AvgIpc) is 1.30. The topological polar surface area (TPSA) is 372 Å². The fourth-order valence-corrected chi connectivity index (χ4v) is 17.2. The summed E-state index contributed by atoms with van der Waals surface area (Å²) in [5.41, 5.74) is 8.87. The molecule has 15 rings (SSSR count). The first-order valence-corrected chi connectivity index (χ1v) is 36.8. The van der Waals surface area contributed by atoms with E-state index >= 15 is 0 Å². The number of ether oxygens (including phenoxy) is 2. The van der Waals surface area contributed by atoms with Gasteiger partial charge in [-0.3, -0.25) is 88.2 Å². The van der Waals surface area contributed by atoms with Crippen LogP contribution in [0.1, 0.15) is 219 Å². The van der Waals surface area contributed by atoms with Gasteiger partial charge in [-0.1, -0.05) is 0 Å². The van der Waals surface area contributed by atoms with E-state index in [0.717, 1.165) is 142 Å². The Morgan fingerprint density at radius 1 is 0.462 bits per heavy atom. The van der Waals surface area contributed by atoms with Crippen molar-refractivity contribution < 1.29 is 81.0 Å². The molecule has 9 aliphatic heterocycles. The molecule has 0 bridgehead atoms. The van der Waals surface area contributed by atoms with Gasteiger partial charge in [-0.25, -0.2) is 14.0 Å². The number of anilines is 2. The second-order valence-electron chi connectivity index (χ2n) is 32.6. The first kappa shape index (κ1) is 77.9. The SMILES string of the molecule is CC(C)(C)OC(=O)N1CCC2(CC1)CC(CN)C2.CC(C)(C)OC(=O)N1CCC2(CC1)CC(CNc1ccc3c(c1)C(=O)N(C1CCC(=O)NC1=O)C3=O)C2.Cl.O=C1CCC(N2C(=O)c3ccc(F)cc3C2=O)C(=O)N1.O=C1CCC(N2C(=O)c3ccc(NCC4CC5(CCNCC5)C4)cc3C2=O)C(=O)N1. The molecule has 9 fully saturated rings. The van der Waals surface area contributed by atoms with Crippen molar-refractivity contribution in [2.24, 2.45) is 39.7 Å². The highest BCUT2D eigenvalue weighted by Gasteiger charge is 2.51. The Bertz CT molecular complexity index is 4050. The summed E-state index contributed by atoms with van der Waals surface area (Å²) in [5.74, 6) is -5.15. The molecule has 30 heteroatoms. The Morgan fingerprint density at radius 2 is 0.774 bits per heavy atom. The number of fused-ring (bicyclic) bond motifs is 3. The van der Waals surface area contributed by atoms with E-state index in [-0.39, 0.29) is 96.7 Å². The van der Waals surface area contributed by atoms with E-state index in [1.807, 2.05) is 57.4 Å². The number of hydrogen-bond acceptors (Lipinski definition) is 20. The Morgan fingerprint density at radius 3 is 1.10 bits per heavy atom. The number of carbonyl (C=O) groups is 14. The van der Waals surface area contributed by atoms with Crippen LogP contribution in [0.5, 0.6) is 0 Å². The number of amides is 14. The van der Waals surface area contributed by atoms with Crippen molar-refractivity contribution in [1.29, 1.82) is 0 Å². The van der Waals surface area contributed by atoms with E-state index in [1.165, 1.54) is 44.6 Å². The Hall–Kier alpha value is -9.22. The van der Waals surface area contributed by atoms with Crippen molar-refractivity contribution in [1.82, 2.24) is 45.8 Å². The van der Waals surface area contributed by atoms with E-state index in [2.05, 4.69) is 31.9 Å². The van der Waals surface area contributed by atoms with Crippen LogP contribution in [0, 0.1) is 39.8 Å². The van der Waals surface area contributed by atoms with Gasteiger partial charge in [0, 0.05) is 69.9 Å². The lowest BCUT2D eigenvalue weighted by atomic mass is 9.57. The van der Waals surface area contributed by atoms with Crippen LogP contribution < -0.4 is 37.6 Å². The molecule has 8 N–H and O–H groups in total. The number of carbonyl (C=O) groups excluding carboxylic acids is 14. The van der Waals surface area contributed by atoms with Gasteiger partial charge in [0.2, 0.25) is 35.4 Å². The number of imide groups is 6. The summed E-state index contributed by atoms with van der Waals surface area (Å²) in [5, 5.41) is 16.8. The van der Waals surface area contributed by atoms with E-state index in [1.54, 1.807) is 30.3 Å². The van der Waals surface area contributed by atoms with Gasteiger partial charge >= 0.3 is 12.2 Å². The molecule has 570 valence electrons. The molecule has 3 aliphatic carbocycles. The second-order valence-corrected chi connectivity index (χ2v) is 32.6. The van der Waals surface area contributed by atoms with E-state index in [0.29, 0.717) is 33.8 Å². The second kappa shape index (κ2) is 30.9. The van der Waals surface area contributed by atoms with Gasteiger partial charge in [-0.15, -0.1) is 12.4 Å². The van der Waals surface area contributed by atoms with Crippen LogP contribution in [0.25, 0.3) is 0 Å². The molecular formula is C76H96ClFN12O16. The normalized spacial score (nSPS) is 24.3. The lowest BCUT2D eigenvalue weighted by molar-refractivity contribution is -0.137. The largest absolute Gasteiger partial charge is 0.444 e. The maximum atomic E-state index is 13.2. The fraction of sp³-hybridized carbons (Fsp3) is 0.579. The molecule has 3 spiro atoms. The van der Waals surface area contributed by atoms with Crippen molar-refractivity contribution in [2.75, 3.05) is 69.5 Å². The van der Waals surface area contributed by atoms with Gasteiger partial charge in [-0.2, -0.15) is 0 Å². The van der Waals surface area contributed by atoms with Crippen LogP contribution in [0.4, 0.5) is 25.4 Å². The van der Waals surface area contributed by atoms with Crippen molar-refractivity contribution in [3.8, 4) is 0 Å². The molecule has 12 aliphatic rings. The molecule has 3 saturated carbocycles. The standard InChI is InChI=1S/C27H34N4O6.C22H26N4O4.C14H26N2O2.C13H9FN2O4.ClH/c1-26(2,3)37-25(36)30-10-8-27(9-11-30)13-16(14-27)15-28-17-4-5-18-19(12-17)24(35)31(23(18)34)20-6-7-21(32)29-22(20)33;27-18-4-3-17(19(28)25-18)26-20(29)15-2-1-14(9-16(15)21(26)30)24-12-13-10-22(11-13)5-7-23-8-6-22;1-13(2,3)18-12(17)16-6-4-14(5-7-16)8-11(9-14)10-15;14-6-1-2-7-8(5-6)13(20)16(12(7)19)9-3-4-10(17)15-11(9)18;/h4-5,12,16,20,28H,6-11,13-15H2,1-3H3,(H,29,32,33);1-2,9,13,17,23-24H,3-8,10-12H2,(H,25,27,28);11H,4-10,15H2,1-3H3;1-2,5,9H,3-4H2,(H,15,17,18);1H. The number of halogens is 2. The number of nitrogens with two attached hydrogens (primary N) is 1. The minimum absolute atomic E-state index is 0. The van der Waals surface area contributed by atoms with E-state index in [9.17, 15) is 71.5 Å². The van der Waals surface area contributed by atoms with Gasteiger partial charge in [0.25, 0.3) is 35.4 Å². The third-order valence-electron chi connectivity index (χ3n) is 22.8. The molecule has 3 aromatic rings. The maximum Gasteiger partial charge on any atom is 0.410 e. The molecule has 28 nitrogen and oxygen atoms in total. The Labute approximate surface area is 620 Å².